The molecule has 1 aliphatic rings. The summed E-state index contributed by atoms with van der Waals surface area (Å²) in [6.45, 7) is 2.15. The third kappa shape index (κ3) is 34.9. The molecule has 34 N–H and O–H groups in total. The first-order chi connectivity index (χ1) is 44.8. The van der Waals surface area contributed by atoms with E-state index in [0.29, 0.717) is 25.7 Å². The van der Waals surface area contributed by atoms with E-state index >= 15 is 0 Å². The van der Waals surface area contributed by atoms with Crippen molar-refractivity contribution < 1.29 is 72.9 Å². The second-order valence-corrected chi connectivity index (χ2v) is 22.5. The standard InChI is InChI=1S/C55H103N25O15/c1-29(72-50(94)38-18-11-27-80(38)51(95)41(58)30(2)81)42(86)73-37(19-20-39(82)83)49(93)79-36(17-10-26-70-55(65)66)48(92)78-35(16-9-25-69-54(63)64)47(91)77-34(15-8-24-68-53(61)62)46(90)76-33(13-4-6-22-57)45(89)75-32(12-3-5-21-56)44(88)74-31(14-7-23-67-52(59)60)43(87)71-28-40(84)85/h29-38,41,81H,3-28,56-58H2,1-2H3,(H,71,87)(H,72,94)(H,73,86)(H,74,88)(H,75,89)(H,76,90)(H,77,91)(H,78,92)(H,79,93)(H,82,83)(H,84,85)(H4,59,60,67)(H4,61,62,68)(H4,63,64,69)(H4,65,66,70)/t29-,30+,31-,32-,33-,34-,35-,36-,37-,38-,41-/m0/s1. The monoisotopic (exact) mass is 1350 g/mol. The van der Waals surface area contributed by atoms with Crippen LogP contribution in [0.1, 0.15) is 129 Å². The minimum Gasteiger partial charge on any atom is -0.481 e. The summed E-state index contributed by atoms with van der Waals surface area (Å²) >= 11 is 0. The number of aliphatic hydroxyl groups excluding tert-OH is 1. The molecule has 1 aliphatic heterocycles. The molecule has 40 nitrogen and oxygen atoms in total. The molecule has 0 bridgehead atoms. The van der Waals surface area contributed by atoms with Crippen molar-refractivity contribution in [1.82, 2.24) is 52.8 Å². The van der Waals surface area contributed by atoms with Gasteiger partial charge in [0, 0.05) is 39.1 Å². The van der Waals surface area contributed by atoms with Crippen molar-refractivity contribution in [2.24, 2.45) is 83.0 Å². The molecule has 10 amide bonds. The molecule has 11 atom stereocenters. The number of amides is 10. The van der Waals surface area contributed by atoms with Crippen LogP contribution in [0.25, 0.3) is 0 Å². The van der Waals surface area contributed by atoms with Crippen LogP contribution in [0.15, 0.2) is 20.0 Å². The number of likely N-dealkylation sites (tertiary alicyclic amines) is 1. The maximum absolute atomic E-state index is 14.7. The summed E-state index contributed by atoms with van der Waals surface area (Å²) in [6.07, 6.45) is -1.17. The number of nitrogens with zero attached hydrogens (tertiary/aromatic N) is 5. The molecule has 1 saturated heterocycles. The lowest BCUT2D eigenvalue weighted by atomic mass is 10.0. The summed E-state index contributed by atoms with van der Waals surface area (Å²) in [4.78, 5) is 180. The van der Waals surface area contributed by atoms with Gasteiger partial charge in [-0.15, -0.1) is 0 Å². The van der Waals surface area contributed by atoms with E-state index in [4.69, 9.17) is 63.1 Å². The van der Waals surface area contributed by atoms with Crippen LogP contribution in [0, 0.1) is 0 Å². The molecule has 1 rings (SSSR count). The molecule has 0 aromatic carbocycles. The molecule has 0 saturated carbocycles. The summed E-state index contributed by atoms with van der Waals surface area (Å²) in [7, 11) is 0. The highest BCUT2D eigenvalue weighted by Gasteiger charge is 2.39. The zero-order chi connectivity index (χ0) is 71.7. The summed E-state index contributed by atoms with van der Waals surface area (Å²) in [5.74, 6) is -12.9. The van der Waals surface area contributed by atoms with Crippen LogP contribution in [0.2, 0.25) is 0 Å². The molecule has 0 unspecified atom stereocenters. The number of hydrogen-bond donors (Lipinski definition) is 23. The Bertz CT molecular complexity index is 2650. The van der Waals surface area contributed by atoms with Crippen molar-refractivity contribution in [3.05, 3.63) is 0 Å². The lowest BCUT2D eigenvalue weighted by Gasteiger charge is -2.29. The number of carbonyl (C=O) groups excluding carboxylic acids is 10. The molecule has 1 fully saturated rings. The Morgan fingerprint density at radius 3 is 1.06 bits per heavy atom. The highest BCUT2D eigenvalue weighted by atomic mass is 16.4. The van der Waals surface area contributed by atoms with Gasteiger partial charge >= 0.3 is 11.9 Å². The van der Waals surface area contributed by atoms with E-state index in [9.17, 15) is 72.9 Å². The number of guanidine groups is 4. The van der Waals surface area contributed by atoms with Gasteiger partial charge < -0.3 is 131 Å². The Morgan fingerprint density at radius 1 is 0.442 bits per heavy atom. The molecule has 95 heavy (non-hydrogen) atoms. The number of carboxylic acid groups (broad SMARTS) is 2. The molecule has 1 heterocycles. The van der Waals surface area contributed by atoms with Crippen LogP contribution in [-0.4, -0.2) is 234 Å². The smallest absolute Gasteiger partial charge is 0.322 e. The van der Waals surface area contributed by atoms with Crippen molar-refractivity contribution in [2.45, 2.75) is 196 Å². The molecule has 538 valence electrons. The molecule has 0 aromatic rings. The van der Waals surface area contributed by atoms with E-state index in [2.05, 4.69) is 67.8 Å². The normalized spacial score (nSPS) is 15.6. The first-order valence-electron chi connectivity index (χ1n) is 31.3. The van der Waals surface area contributed by atoms with Crippen molar-refractivity contribution in [2.75, 3.05) is 52.4 Å². The Kier molecular flexibility index (Phi) is 40.3. The van der Waals surface area contributed by atoms with Gasteiger partial charge in [-0.05, 0) is 136 Å². The number of nitrogens with one attached hydrogen (secondary N) is 9. The van der Waals surface area contributed by atoms with Gasteiger partial charge in [-0.2, -0.15) is 0 Å². The largest absolute Gasteiger partial charge is 0.481 e. The highest BCUT2D eigenvalue weighted by molar-refractivity contribution is 5.99. The van der Waals surface area contributed by atoms with E-state index in [-0.39, 0.29) is 147 Å². The third-order valence-electron chi connectivity index (χ3n) is 14.6. The average molecular weight is 1350 g/mol. The number of nitrogens with two attached hydrogens (primary N) is 11. The van der Waals surface area contributed by atoms with Crippen LogP contribution in [0.5, 0.6) is 0 Å². The van der Waals surface area contributed by atoms with Gasteiger partial charge in [-0.1, -0.05) is 0 Å². The Labute approximate surface area is 550 Å². The SMILES string of the molecule is C[C@H](NC(=O)[C@@H]1CCCN1C(=O)[C@@H](N)[C@@H](C)O)C(=O)N[C@@H](CCC(=O)O)C(=O)N[C@@H](CCCN=C(N)N)C(=O)N[C@@H](CCCN=C(N)N)C(=O)N[C@@H](CCCN=C(N)N)C(=O)N[C@@H](CCCCN)C(=O)N[C@@H](CCCCN)C(=O)N[C@@H](CCCN=C(N)N)C(=O)NCC(=O)O. The lowest BCUT2D eigenvalue weighted by Crippen LogP contribution is -2.60. The van der Waals surface area contributed by atoms with E-state index < -0.39 is 157 Å². The topological polar surface area (TPSA) is 713 Å². The number of carboxylic acids is 2. The number of aliphatic imine (C=N–C) groups is 4. The fourth-order valence-corrected chi connectivity index (χ4v) is 9.44. The number of hydrogen-bond acceptors (Lipinski definition) is 20. The van der Waals surface area contributed by atoms with Gasteiger partial charge in [0.15, 0.2) is 23.8 Å². The van der Waals surface area contributed by atoms with Crippen LogP contribution in [-0.2, 0) is 57.5 Å². The Hall–Kier alpha value is -9.44. The number of aliphatic carboxylic acids is 2. The maximum atomic E-state index is 14.7. The quantitative estimate of drug-likeness (QED) is 0.0153. The highest BCUT2D eigenvalue weighted by Crippen LogP contribution is 2.20. The van der Waals surface area contributed by atoms with E-state index in [1.807, 2.05) is 0 Å². The molecular formula is C55H103N25O15. The van der Waals surface area contributed by atoms with Crippen LogP contribution in [0.4, 0.5) is 0 Å². The van der Waals surface area contributed by atoms with Crippen molar-refractivity contribution in [1.29, 1.82) is 0 Å². The first-order valence-corrected chi connectivity index (χ1v) is 31.3. The zero-order valence-corrected chi connectivity index (χ0v) is 54.1. The summed E-state index contributed by atoms with van der Waals surface area (Å²) in [5, 5.41) is 51.5. The second kappa shape index (κ2) is 45.8. The van der Waals surface area contributed by atoms with Gasteiger partial charge in [-0.25, -0.2) is 0 Å². The fourth-order valence-electron chi connectivity index (χ4n) is 9.44. The number of rotatable bonds is 48. The number of aliphatic hydroxyl groups is 1. The molecule has 0 spiro atoms. The zero-order valence-electron chi connectivity index (χ0n) is 54.1. The van der Waals surface area contributed by atoms with Gasteiger partial charge in [0.25, 0.3) is 0 Å². The lowest BCUT2D eigenvalue weighted by molar-refractivity contribution is -0.142. The van der Waals surface area contributed by atoms with E-state index in [1.165, 1.54) is 18.7 Å². The van der Waals surface area contributed by atoms with Crippen molar-refractivity contribution >= 4 is 94.8 Å². The van der Waals surface area contributed by atoms with Gasteiger partial charge in [0.2, 0.25) is 59.1 Å². The summed E-state index contributed by atoms with van der Waals surface area (Å²) < 4.78 is 0. The Balaban J connectivity index is 3.79. The van der Waals surface area contributed by atoms with E-state index in [0.717, 1.165) is 0 Å². The predicted molar refractivity (Wildman–Crippen MR) is 348 cm³/mol. The van der Waals surface area contributed by atoms with Gasteiger partial charge in [-0.3, -0.25) is 77.5 Å². The molecule has 0 aliphatic carbocycles. The van der Waals surface area contributed by atoms with Gasteiger partial charge in [0.05, 0.1) is 6.10 Å². The first kappa shape index (κ1) is 83.6. The number of unbranched alkanes of at least 4 members (excludes halogenated alkanes) is 2. The van der Waals surface area contributed by atoms with Crippen molar-refractivity contribution in [3.8, 4) is 0 Å². The average Bonchev–Trinajstić information content (AvgIpc) is 1.80. The van der Waals surface area contributed by atoms with Crippen LogP contribution < -0.4 is 111 Å². The molecule has 40 heteroatoms. The summed E-state index contributed by atoms with van der Waals surface area (Å²) in [6, 6.07) is -14.2. The molecule has 0 radical (unpaired) electrons. The predicted octanol–water partition coefficient (Wildman–Crippen LogP) is -9.88. The fraction of sp³-hybridized carbons (Fsp3) is 0.709. The minimum absolute atomic E-state index is 0.000903. The van der Waals surface area contributed by atoms with Crippen LogP contribution in [0.3, 0.4) is 0 Å². The van der Waals surface area contributed by atoms with E-state index in [1.54, 1.807) is 0 Å². The number of carbonyl (C=O) groups is 12. The van der Waals surface area contributed by atoms with Gasteiger partial charge in [0.1, 0.15) is 67.0 Å². The van der Waals surface area contributed by atoms with Crippen molar-refractivity contribution in [3.63, 3.8) is 0 Å². The summed E-state index contributed by atoms with van der Waals surface area (Å²) in [5.41, 5.74) is 61.6. The Morgan fingerprint density at radius 2 is 0.758 bits per heavy atom. The van der Waals surface area contributed by atoms with Crippen LogP contribution >= 0.6 is 0 Å². The molecular weight excluding hydrogens is 1250 g/mol. The maximum Gasteiger partial charge on any atom is 0.322 e. The minimum atomic E-state index is -1.67. The second-order valence-electron chi connectivity index (χ2n) is 22.5. The third-order valence-corrected chi connectivity index (χ3v) is 14.6. The molecule has 0 aromatic heterocycles.